The van der Waals surface area contributed by atoms with Crippen LogP contribution in [0.25, 0.3) is 0 Å². The van der Waals surface area contributed by atoms with Crippen molar-refractivity contribution in [2.45, 2.75) is 44.8 Å². The van der Waals surface area contributed by atoms with E-state index in [9.17, 15) is 9.18 Å². The van der Waals surface area contributed by atoms with E-state index in [4.69, 9.17) is 9.47 Å². The molecule has 108 valence electrons. The Balaban J connectivity index is 1.75. The van der Waals surface area contributed by atoms with Crippen LogP contribution >= 0.6 is 0 Å². The number of ketones is 1. The molecule has 0 N–H and O–H groups in total. The van der Waals surface area contributed by atoms with Crippen LogP contribution in [0.3, 0.4) is 0 Å². The lowest BCUT2D eigenvalue weighted by Crippen LogP contribution is -2.42. The van der Waals surface area contributed by atoms with E-state index < -0.39 is 5.82 Å². The second-order valence-electron chi connectivity index (χ2n) is 6.29. The minimum atomic E-state index is -0.401. The first-order valence-corrected chi connectivity index (χ1v) is 7.08. The summed E-state index contributed by atoms with van der Waals surface area (Å²) in [5.74, 6) is 0.283. The number of Topliss-reactive ketones (excluding diaryl/α,β-unsaturated/α-hetero) is 1. The first-order valence-electron chi connectivity index (χ1n) is 7.08. The van der Waals surface area contributed by atoms with E-state index in [0.717, 1.165) is 12.8 Å². The van der Waals surface area contributed by atoms with E-state index in [2.05, 4.69) is 13.8 Å². The Morgan fingerprint density at radius 3 is 2.85 bits per heavy atom. The molecule has 0 saturated carbocycles. The quantitative estimate of drug-likeness (QED) is 0.790. The van der Waals surface area contributed by atoms with Crippen molar-refractivity contribution < 1.29 is 18.7 Å². The summed E-state index contributed by atoms with van der Waals surface area (Å²) in [7, 11) is 0. The molecule has 1 aromatic carbocycles. The molecule has 2 heterocycles. The Morgan fingerprint density at radius 2 is 2.15 bits per heavy atom. The monoisotopic (exact) mass is 278 g/mol. The maximum absolute atomic E-state index is 13.2. The second-order valence-corrected chi connectivity index (χ2v) is 6.29. The van der Waals surface area contributed by atoms with Crippen molar-refractivity contribution in [3.8, 4) is 5.75 Å². The molecule has 1 aromatic rings. The highest BCUT2D eigenvalue weighted by Crippen LogP contribution is 2.36. The molecule has 0 radical (unpaired) electrons. The van der Waals surface area contributed by atoms with Gasteiger partial charge in [-0.2, -0.15) is 0 Å². The third-order valence-corrected chi connectivity index (χ3v) is 4.24. The number of hydrogen-bond acceptors (Lipinski definition) is 3. The number of ether oxygens (including phenoxy) is 2. The highest BCUT2D eigenvalue weighted by molar-refractivity contribution is 5.99. The zero-order valence-electron chi connectivity index (χ0n) is 11.8. The van der Waals surface area contributed by atoms with Gasteiger partial charge in [0.25, 0.3) is 0 Å². The maximum atomic E-state index is 13.2. The molecule has 20 heavy (non-hydrogen) atoms. The predicted molar refractivity (Wildman–Crippen MR) is 72.5 cm³/mol. The van der Waals surface area contributed by atoms with Crippen LogP contribution in [-0.4, -0.2) is 24.1 Å². The zero-order valence-corrected chi connectivity index (χ0v) is 11.8. The number of hydrogen-bond donors (Lipinski definition) is 0. The summed E-state index contributed by atoms with van der Waals surface area (Å²) in [6, 6.07) is 4.13. The molecule has 2 aliphatic heterocycles. The fourth-order valence-electron chi connectivity index (χ4n) is 2.90. The highest BCUT2D eigenvalue weighted by atomic mass is 19.1. The zero-order chi connectivity index (χ0) is 14.3. The summed E-state index contributed by atoms with van der Waals surface area (Å²) in [5, 5.41) is 0. The van der Waals surface area contributed by atoms with Gasteiger partial charge in [-0.1, -0.05) is 0 Å². The van der Waals surface area contributed by atoms with Crippen LogP contribution in [0.1, 0.15) is 43.5 Å². The Labute approximate surface area is 118 Å². The van der Waals surface area contributed by atoms with E-state index >= 15 is 0 Å². The second kappa shape index (κ2) is 4.85. The SMILES string of the molecule is CC1(C)CC[C@H]([C@@H]2CC(=O)c3cc(F)ccc3O2)CO1. The highest BCUT2D eigenvalue weighted by Gasteiger charge is 2.37. The lowest BCUT2D eigenvalue weighted by atomic mass is 9.85. The third-order valence-electron chi connectivity index (χ3n) is 4.24. The van der Waals surface area contributed by atoms with Gasteiger partial charge in [0.1, 0.15) is 17.7 Å². The van der Waals surface area contributed by atoms with Crippen molar-refractivity contribution >= 4 is 5.78 Å². The fourth-order valence-corrected chi connectivity index (χ4v) is 2.90. The summed E-state index contributed by atoms with van der Waals surface area (Å²) >= 11 is 0. The van der Waals surface area contributed by atoms with Crippen molar-refractivity contribution in [2.24, 2.45) is 5.92 Å². The van der Waals surface area contributed by atoms with Gasteiger partial charge in [0, 0.05) is 12.3 Å². The number of carbonyl (C=O) groups is 1. The standard InChI is InChI=1S/C16H19FO3/c1-16(2)6-5-10(9-19-16)15-8-13(18)12-7-11(17)3-4-14(12)20-15/h3-4,7,10,15H,5-6,8-9H2,1-2H3/t10-,15-/m0/s1. The van der Waals surface area contributed by atoms with Crippen molar-refractivity contribution in [3.05, 3.63) is 29.6 Å². The van der Waals surface area contributed by atoms with Gasteiger partial charge < -0.3 is 9.47 Å². The van der Waals surface area contributed by atoms with E-state index in [-0.39, 0.29) is 23.4 Å². The summed E-state index contributed by atoms with van der Waals surface area (Å²) in [5.41, 5.74) is 0.272. The molecule has 0 spiro atoms. The lowest BCUT2D eigenvalue weighted by molar-refractivity contribution is -0.0980. The average Bonchev–Trinajstić information content (AvgIpc) is 2.39. The topological polar surface area (TPSA) is 35.5 Å². The van der Waals surface area contributed by atoms with Crippen LogP contribution in [0.4, 0.5) is 4.39 Å². The van der Waals surface area contributed by atoms with Crippen LogP contribution in [0.15, 0.2) is 18.2 Å². The largest absolute Gasteiger partial charge is 0.489 e. The normalized spacial score (nSPS) is 28.6. The Morgan fingerprint density at radius 1 is 1.35 bits per heavy atom. The lowest BCUT2D eigenvalue weighted by Gasteiger charge is -2.39. The van der Waals surface area contributed by atoms with Crippen LogP contribution in [0, 0.1) is 11.7 Å². The Kier molecular flexibility index (Phi) is 3.28. The summed E-state index contributed by atoms with van der Waals surface area (Å²) in [4.78, 5) is 12.1. The molecule has 0 aliphatic carbocycles. The van der Waals surface area contributed by atoms with Gasteiger partial charge in [0.15, 0.2) is 5.78 Å². The van der Waals surface area contributed by atoms with Gasteiger partial charge in [0.2, 0.25) is 0 Å². The third kappa shape index (κ3) is 2.57. The van der Waals surface area contributed by atoms with Crippen molar-refractivity contribution in [3.63, 3.8) is 0 Å². The number of rotatable bonds is 1. The van der Waals surface area contributed by atoms with Gasteiger partial charge in [-0.25, -0.2) is 4.39 Å². The van der Waals surface area contributed by atoms with Gasteiger partial charge in [-0.05, 0) is 44.9 Å². The van der Waals surface area contributed by atoms with Crippen LogP contribution in [0.2, 0.25) is 0 Å². The number of fused-ring (bicyclic) bond motifs is 1. The van der Waals surface area contributed by atoms with Gasteiger partial charge in [-0.15, -0.1) is 0 Å². The van der Waals surface area contributed by atoms with Crippen LogP contribution < -0.4 is 4.74 Å². The maximum Gasteiger partial charge on any atom is 0.170 e. The number of benzene rings is 1. The molecular formula is C16H19FO3. The van der Waals surface area contributed by atoms with E-state index in [0.29, 0.717) is 24.3 Å². The van der Waals surface area contributed by atoms with Crippen molar-refractivity contribution in [1.29, 1.82) is 0 Å². The fraction of sp³-hybridized carbons (Fsp3) is 0.562. The van der Waals surface area contributed by atoms with Crippen LogP contribution in [-0.2, 0) is 4.74 Å². The van der Waals surface area contributed by atoms with E-state index in [1.54, 1.807) is 6.07 Å². The molecule has 0 aromatic heterocycles. The molecule has 1 saturated heterocycles. The molecule has 1 fully saturated rings. The van der Waals surface area contributed by atoms with Crippen LogP contribution in [0.5, 0.6) is 5.75 Å². The smallest absolute Gasteiger partial charge is 0.170 e. The van der Waals surface area contributed by atoms with E-state index in [1.807, 2.05) is 0 Å². The molecule has 2 aliphatic rings. The molecule has 0 unspecified atom stereocenters. The molecule has 4 heteroatoms. The average molecular weight is 278 g/mol. The van der Waals surface area contributed by atoms with Gasteiger partial charge in [-0.3, -0.25) is 4.79 Å². The molecule has 3 rings (SSSR count). The number of halogens is 1. The minimum absolute atomic E-state index is 0.0411. The Hall–Kier alpha value is -1.42. The summed E-state index contributed by atoms with van der Waals surface area (Å²) in [6.07, 6.45) is 2.10. The first kappa shape index (κ1) is 13.6. The Bertz CT molecular complexity index is 529. The summed E-state index contributed by atoms with van der Waals surface area (Å²) < 4.78 is 24.9. The number of carbonyl (C=O) groups excluding carboxylic acids is 1. The van der Waals surface area contributed by atoms with E-state index in [1.165, 1.54) is 12.1 Å². The predicted octanol–water partition coefficient (Wildman–Crippen LogP) is 3.36. The first-order chi connectivity index (χ1) is 9.44. The molecule has 0 bridgehead atoms. The molecule has 0 amide bonds. The van der Waals surface area contributed by atoms with Gasteiger partial charge in [0.05, 0.1) is 17.8 Å². The molecule has 3 nitrogen and oxygen atoms in total. The van der Waals surface area contributed by atoms with Gasteiger partial charge >= 0.3 is 0 Å². The molecular weight excluding hydrogens is 259 g/mol. The molecule has 2 atom stereocenters. The summed E-state index contributed by atoms with van der Waals surface area (Å²) in [6.45, 7) is 4.77. The van der Waals surface area contributed by atoms with Crippen molar-refractivity contribution in [2.75, 3.05) is 6.61 Å². The minimum Gasteiger partial charge on any atom is -0.489 e. The van der Waals surface area contributed by atoms with Crippen molar-refractivity contribution in [1.82, 2.24) is 0 Å².